The molecule has 0 unspecified atom stereocenters. The Morgan fingerprint density at radius 2 is 1.24 bits per heavy atom. The molecule has 2 aliphatic rings. The van der Waals surface area contributed by atoms with E-state index in [9.17, 15) is 0 Å². The molecule has 0 bridgehead atoms. The van der Waals surface area contributed by atoms with Crippen LogP contribution < -0.4 is 0 Å². The average Bonchev–Trinajstić information content (AvgIpc) is 3.30. The van der Waals surface area contributed by atoms with Crippen LogP contribution in [-0.2, 0) is 6.42 Å². The lowest BCUT2D eigenvalue weighted by Crippen LogP contribution is -2.09. The van der Waals surface area contributed by atoms with E-state index in [-0.39, 0.29) is 0 Å². The van der Waals surface area contributed by atoms with E-state index in [0.717, 1.165) is 6.42 Å². The van der Waals surface area contributed by atoms with E-state index in [1.165, 1.54) is 49.7 Å². The lowest BCUT2D eigenvalue weighted by molar-refractivity contribution is 0.491. The molecule has 140 valence electrons. The quantitative estimate of drug-likeness (QED) is 0.284. The molecule has 0 amide bonds. The Morgan fingerprint density at radius 3 is 1.90 bits per heavy atom. The second-order valence-electron chi connectivity index (χ2n) is 8.76. The van der Waals surface area contributed by atoms with Gasteiger partial charge in [0, 0.05) is 0 Å². The summed E-state index contributed by atoms with van der Waals surface area (Å²) in [7, 11) is 0. The molecule has 0 aliphatic heterocycles. The lowest BCUT2D eigenvalue weighted by atomic mass is 9.82. The van der Waals surface area contributed by atoms with Crippen LogP contribution >= 0.6 is 0 Å². The van der Waals surface area contributed by atoms with Crippen LogP contribution in [-0.4, -0.2) is 0 Å². The zero-order valence-corrected chi connectivity index (χ0v) is 16.9. The van der Waals surface area contributed by atoms with Gasteiger partial charge in [-0.3, -0.25) is 0 Å². The van der Waals surface area contributed by atoms with Gasteiger partial charge in [-0.05, 0) is 73.6 Å². The number of hydrogen-bond donors (Lipinski definition) is 0. The van der Waals surface area contributed by atoms with Gasteiger partial charge >= 0.3 is 0 Å². The molecule has 0 nitrogen and oxygen atoms in total. The Kier molecular flexibility index (Phi) is 3.59. The highest BCUT2D eigenvalue weighted by Gasteiger charge is 2.36. The van der Waals surface area contributed by atoms with Crippen molar-refractivity contribution in [2.45, 2.75) is 20.3 Å². The Hall–Kier alpha value is -3.12. The summed E-state index contributed by atoms with van der Waals surface area (Å²) in [6.07, 6.45) is 1.14. The highest BCUT2D eigenvalue weighted by molar-refractivity contribution is 6.14. The van der Waals surface area contributed by atoms with E-state index in [1.54, 1.807) is 5.57 Å². The highest BCUT2D eigenvalue weighted by Crippen LogP contribution is 2.54. The van der Waals surface area contributed by atoms with Crippen molar-refractivity contribution in [3.8, 4) is 11.1 Å². The van der Waals surface area contributed by atoms with Crippen molar-refractivity contribution in [3.05, 3.63) is 107 Å². The van der Waals surface area contributed by atoms with Crippen LogP contribution in [0.2, 0.25) is 0 Å². The first-order valence-electron chi connectivity index (χ1n) is 10.7. The first-order valence-corrected chi connectivity index (χ1v) is 10.7. The number of allylic oxidation sites excluding steroid dienone is 1. The van der Waals surface area contributed by atoms with Gasteiger partial charge in [-0.15, -0.1) is 0 Å². The highest BCUT2D eigenvalue weighted by atomic mass is 14.4. The maximum absolute atomic E-state index is 2.38. The molecular weight excluding hydrogens is 348 g/mol. The van der Waals surface area contributed by atoms with Gasteiger partial charge < -0.3 is 0 Å². The van der Waals surface area contributed by atoms with Gasteiger partial charge in [0.1, 0.15) is 0 Å². The molecule has 6 rings (SSSR count). The van der Waals surface area contributed by atoms with Gasteiger partial charge in [0.25, 0.3) is 0 Å². The van der Waals surface area contributed by atoms with Gasteiger partial charge in [-0.25, -0.2) is 0 Å². The first-order chi connectivity index (χ1) is 14.2. The molecule has 4 aromatic rings. The number of benzene rings is 4. The minimum Gasteiger partial charge on any atom is -0.0622 e. The van der Waals surface area contributed by atoms with Crippen molar-refractivity contribution in [1.82, 2.24) is 0 Å². The molecule has 0 N–H and O–H groups in total. The van der Waals surface area contributed by atoms with E-state index < -0.39 is 0 Å². The minimum atomic E-state index is 0.546. The Bertz CT molecular complexity index is 1260. The van der Waals surface area contributed by atoms with Gasteiger partial charge in [0.15, 0.2) is 0 Å². The standard InChI is InChI=1S/C29H24/c1-18(2)26-17-20-16-15-19-9-3-4-10-21(19)27(20)29(26)28-24-13-7-5-11-22(24)23-12-6-8-14-25(23)28/h3-16,18,26H,17H2,1-2H3/t26-/m0/s1. The predicted octanol–water partition coefficient (Wildman–Crippen LogP) is 7.61. The van der Waals surface area contributed by atoms with Crippen LogP contribution in [0.5, 0.6) is 0 Å². The summed E-state index contributed by atoms with van der Waals surface area (Å²) >= 11 is 0. The molecule has 0 heterocycles. The fourth-order valence-corrected chi connectivity index (χ4v) is 5.52. The van der Waals surface area contributed by atoms with Crippen molar-refractivity contribution in [1.29, 1.82) is 0 Å². The van der Waals surface area contributed by atoms with Crippen molar-refractivity contribution in [3.63, 3.8) is 0 Å². The summed E-state index contributed by atoms with van der Waals surface area (Å²) in [6.45, 7) is 4.76. The van der Waals surface area contributed by atoms with Gasteiger partial charge in [-0.1, -0.05) is 98.8 Å². The third kappa shape index (κ3) is 2.32. The van der Waals surface area contributed by atoms with Crippen molar-refractivity contribution < 1.29 is 0 Å². The van der Waals surface area contributed by atoms with E-state index >= 15 is 0 Å². The predicted molar refractivity (Wildman–Crippen MR) is 124 cm³/mol. The molecule has 4 aromatic carbocycles. The number of hydrogen-bond acceptors (Lipinski definition) is 0. The van der Waals surface area contributed by atoms with E-state index in [4.69, 9.17) is 0 Å². The summed E-state index contributed by atoms with van der Waals surface area (Å²) in [5, 5.41) is 2.74. The summed E-state index contributed by atoms with van der Waals surface area (Å²) in [5.74, 6) is 1.15. The Labute approximate surface area is 172 Å². The van der Waals surface area contributed by atoms with Crippen LogP contribution in [0.25, 0.3) is 33.0 Å². The fraction of sp³-hybridized carbons (Fsp3) is 0.172. The maximum atomic E-state index is 2.38. The third-order valence-corrected chi connectivity index (χ3v) is 6.85. The van der Waals surface area contributed by atoms with Gasteiger partial charge in [0.2, 0.25) is 0 Å². The average molecular weight is 373 g/mol. The molecule has 29 heavy (non-hydrogen) atoms. The molecule has 0 aromatic heterocycles. The Morgan fingerprint density at radius 1 is 0.655 bits per heavy atom. The van der Waals surface area contributed by atoms with Crippen LogP contribution in [0.4, 0.5) is 0 Å². The summed E-state index contributed by atoms with van der Waals surface area (Å²) in [4.78, 5) is 0. The third-order valence-electron chi connectivity index (χ3n) is 6.85. The smallest absolute Gasteiger partial charge is 0.00575 e. The molecule has 0 radical (unpaired) electrons. The SMILES string of the molecule is CC(C)[C@@H]1Cc2ccc3ccccc3c2C1=C1c2ccccc2-c2ccccc21. The molecule has 0 spiro atoms. The lowest BCUT2D eigenvalue weighted by Gasteiger charge is -2.21. The summed E-state index contributed by atoms with van der Waals surface area (Å²) in [6, 6.07) is 31.5. The second kappa shape index (κ2) is 6.19. The molecule has 1 atom stereocenters. The summed E-state index contributed by atoms with van der Waals surface area (Å²) < 4.78 is 0. The zero-order valence-electron chi connectivity index (χ0n) is 16.9. The number of rotatable bonds is 1. The molecule has 0 heteroatoms. The number of fused-ring (bicyclic) bond motifs is 6. The van der Waals surface area contributed by atoms with Crippen molar-refractivity contribution in [2.75, 3.05) is 0 Å². The molecule has 2 aliphatic carbocycles. The normalized spacial score (nSPS) is 17.0. The van der Waals surface area contributed by atoms with Gasteiger partial charge in [0.05, 0.1) is 0 Å². The largest absolute Gasteiger partial charge is 0.0622 e. The van der Waals surface area contributed by atoms with Crippen LogP contribution in [0.15, 0.2) is 84.9 Å². The van der Waals surface area contributed by atoms with Crippen LogP contribution in [0, 0.1) is 11.8 Å². The van der Waals surface area contributed by atoms with Crippen LogP contribution in [0.1, 0.15) is 36.1 Å². The maximum Gasteiger partial charge on any atom is -0.00575 e. The Balaban J connectivity index is 1.78. The summed E-state index contributed by atoms with van der Waals surface area (Å²) in [5.41, 5.74) is 11.6. The monoisotopic (exact) mass is 372 g/mol. The molecular formula is C29H24. The molecule has 0 fully saturated rings. The van der Waals surface area contributed by atoms with E-state index in [0.29, 0.717) is 11.8 Å². The minimum absolute atomic E-state index is 0.546. The second-order valence-corrected chi connectivity index (χ2v) is 8.76. The zero-order chi connectivity index (χ0) is 19.5. The van der Waals surface area contributed by atoms with Gasteiger partial charge in [-0.2, -0.15) is 0 Å². The molecule has 0 saturated carbocycles. The topological polar surface area (TPSA) is 0 Å². The van der Waals surface area contributed by atoms with Crippen molar-refractivity contribution >= 4 is 21.9 Å². The fourth-order valence-electron chi connectivity index (χ4n) is 5.52. The first kappa shape index (κ1) is 16.8. The van der Waals surface area contributed by atoms with Crippen LogP contribution in [0.3, 0.4) is 0 Å². The van der Waals surface area contributed by atoms with Crippen molar-refractivity contribution in [2.24, 2.45) is 11.8 Å². The molecule has 0 saturated heterocycles. The van der Waals surface area contributed by atoms with E-state index in [2.05, 4.69) is 98.8 Å². The van der Waals surface area contributed by atoms with E-state index in [1.807, 2.05) is 0 Å².